The summed E-state index contributed by atoms with van der Waals surface area (Å²) < 4.78 is 5.98. The van der Waals surface area contributed by atoms with E-state index < -0.39 is 44.5 Å². The van der Waals surface area contributed by atoms with E-state index in [1.807, 2.05) is 0 Å². The van der Waals surface area contributed by atoms with E-state index in [2.05, 4.69) is 4.98 Å². The van der Waals surface area contributed by atoms with Gasteiger partial charge in [0.25, 0.3) is 0 Å². The van der Waals surface area contributed by atoms with Gasteiger partial charge < -0.3 is 20.1 Å². The number of fused-ring (bicyclic) bond motifs is 2. The van der Waals surface area contributed by atoms with Crippen LogP contribution in [0.1, 0.15) is 72.1 Å². The van der Waals surface area contributed by atoms with Crippen LogP contribution in [0.4, 0.5) is 0 Å². The zero-order valence-electron chi connectivity index (χ0n) is 24.9. The molecule has 0 unspecified atom stereocenters. The summed E-state index contributed by atoms with van der Waals surface area (Å²) in [6.45, 7) is 9.56. The Kier molecular flexibility index (Phi) is 7.33. The number of hydrogen-bond donors (Lipinski definition) is 3. The van der Waals surface area contributed by atoms with Crippen molar-refractivity contribution in [3.63, 3.8) is 0 Å². The molecule has 5 rings (SSSR count). The fourth-order valence-electron chi connectivity index (χ4n) is 5.99. The van der Waals surface area contributed by atoms with Crippen LogP contribution in [-0.4, -0.2) is 26.6 Å². The van der Waals surface area contributed by atoms with Crippen molar-refractivity contribution in [1.82, 2.24) is 4.98 Å². The molecule has 0 spiro atoms. The van der Waals surface area contributed by atoms with Crippen molar-refractivity contribution in [2.75, 3.05) is 0 Å². The molecule has 2 aliphatic carbocycles. The minimum absolute atomic E-state index is 0.0240. The fourth-order valence-corrected chi connectivity index (χ4v) is 5.99. The average Bonchev–Trinajstić information content (AvgIpc) is 2.98. The number of carbonyl (C=O) groups is 1. The monoisotopic (exact) mass is 595 g/mol. The maximum Gasteiger partial charge on any atom is 0.237 e. The number of rotatable bonds is 6. The van der Waals surface area contributed by atoms with Crippen molar-refractivity contribution < 1.29 is 24.9 Å². The van der Waals surface area contributed by atoms with Crippen LogP contribution >= 0.6 is 0 Å². The number of carbonyl (C=O) groups excluding carboxylic acids is 1. The molecule has 10 heteroatoms. The van der Waals surface area contributed by atoms with Gasteiger partial charge in [-0.2, -0.15) is 0 Å². The second kappa shape index (κ2) is 10.7. The quantitative estimate of drug-likeness (QED) is 0.139. The molecule has 0 fully saturated rings. The molecule has 1 heterocycles. The summed E-state index contributed by atoms with van der Waals surface area (Å²) in [7, 11) is 0. The number of aldehydes is 1. The van der Waals surface area contributed by atoms with E-state index in [1.54, 1.807) is 39.8 Å². The van der Waals surface area contributed by atoms with Gasteiger partial charge >= 0.3 is 0 Å². The van der Waals surface area contributed by atoms with E-state index >= 15 is 0 Å². The molecule has 0 saturated heterocycles. The molecule has 0 atom stereocenters. The summed E-state index contributed by atoms with van der Waals surface area (Å²) >= 11 is 0. The normalized spacial score (nSPS) is 11.6. The highest BCUT2D eigenvalue weighted by Gasteiger charge is 2.33. The first-order valence-electron chi connectivity index (χ1n) is 13.9. The molecular formula is C34H29NO9. The Morgan fingerprint density at radius 3 is 1.91 bits per heavy atom. The van der Waals surface area contributed by atoms with Crippen LogP contribution in [0.5, 0.6) is 28.7 Å². The predicted octanol–water partition coefficient (Wildman–Crippen LogP) is 4.91. The maximum absolute atomic E-state index is 14.2. The minimum atomic E-state index is -1.20. The zero-order valence-corrected chi connectivity index (χ0v) is 24.9. The van der Waals surface area contributed by atoms with E-state index in [9.17, 15) is 39.3 Å². The topological polar surface area (TPSA) is 168 Å². The molecule has 224 valence electrons. The molecule has 44 heavy (non-hydrogen) atoms. The molecule has 10 nitrogen and oxygen atoms in total. The lowest BCUT2D eigenvalue weighted by molar-refractivity contribution is 0.112. The molecule has 3 N–H and O–H groups in total. The van der Waals surface area contributed by atoms with Crippen LogP contribution < -0.4 is 26.5 Å². The highest BCUT2D eigenvalue weighted by Crippen LogP contribution is 2.52. The summed E-state index contributed by atoms with van der Waals surface area (Å²) in [5, 5.41) is 34.5. The van der Waals surface area contributed by atoms with Gasteiger partial charge in [0.05, 0.1) is 5.56 Å². The first kappa shape index (κ1) is 30.1. The molecule has 0 aliphatic heterocycles. The van der Waals surface area contributed by atoms with Crippen molar-refractivity contribution >= 4 is 17.1 Å². The summed E-state index contributed by atoms with van der Waals surface area (Å²) in [6, 6.07) is 4.35. The number of phenols is 3. The van der Waals surface area contributed by atoms with Gasteiger partial charge in [0.2, 0.25) is 10.9 Å². The molecule has 0 bridgehead atoms. The third-order valence-electron chi connectivity index (χ3n) is 8.03. The summed E-state index contributed by atoms with van der Waals surface area (Å²) in [6.07, 6.45) is 3.09. The van der Waals surface area contributed by atoms with Crippen LogP contribution in [0, 0.1) is 13.8 Å². The Labute approximate surface area is 250 Å². The minimum Gasteiger partial charge on any atom is -0.507 e. The molecular weight excluding hydrogens is 566 g/mol. The summed E-state index contributed by atoms with van der Waals surface area (Å²) in [4.78, 5) is 69.7. The van der Waals surface area contributed by atoms with E-state index in [1.165, 1.54) is 32.3 Å². The van der Waals surface area contributed by atoms with E-state index in [0.717, 1.165) is 0 Å². The summed E-state index contributed by atoms with van der Waals surface area (Å²) in [5.74, 6) is -1.79. The van der Waals surface area contributed by atoms with Gasteiger partial charge in [0.15, 0.2) is 28.6 Å². The number of nitrogens with zero attached hydrogens (tertiary/aromatic N) is 1. The second-order valence-electron chi connectivity index (χ2n) is 11.4. The number of pyridine rings is 1. The largest absolute Gasteiger partial charge is 0.507 e. The van der Waals surface area contributed by atoms with Crippen LogP contribution in [0.2, 0.25) is 0 Å². The molecule has 0 saturated carbocycles. The van der Waals surface area contributed by atoms with Gasteiger partial charge in [-0.15, -0.1) is 0 Å². The predicted molar refractivity (Wildman–Crippen MR) is 166 cm³/mol. The van der Waals surface area contributed by atoms with Crippen molar-refractivity contribution in [2.45, 2.75) is 53.4 Å². The smallest absolute Gasteiger partial charge is 0.237 e. The lowest BCUT2D eigenvalue weighted by atomic mass is 9.81. The third kappa shape index (κ3) is 4.24. The third-order valence-corrected chi connectivity index (χ3v) is 8.03. The van der Waals surface area contributed by atoms with Gasteiger partial charge in [0.1, 0.15) is 17.2 Å². The number of aromatic nitrogens is 1. The fraction of sp³-hybridized carbons (Fsp3) is 0.235. The zero-order chi connectivity index (χ0) is 32.4. The molecule has 3 aromatic rings. The molecule has 2 aliphatic rings. The van der Waals surface area contributed by atoms with Gasteiger partial charge in [-0.25, -0.2) is 0 Å². The van der Waals surface area contributed by atoms with Crippen LogP contribution in [0.3, 0.4) is 0 Å². The lowest BCUT2D eigenvalue weighted by Gasteiger charge is -2.23. The first-order chi connectivity index (χ1) is 20.7. The van der Waals surface area contributed by atoms with Crippen LogP contribution in [0.15, 0.2) is 49.8 Å². The Morgan fingerprint density at radius 1 is 0.727 bits per heavy atom. The number of aromatic hydroxyl groups is 3. The Balaban J connectivity index is 1.96. The SMILES string of the molecule is Cc1c(-c2c(C)c(=O)c3c(C(C)C)c(=O)c(=O)c(C=O)c-3c2=O)c(O)c2cc(O)c(Oc3ccncc3)c(C(C)C)c2c1O. The Morgan fingerprint density at radius 2 is 1.34 bits per heavy atom. The highest BCUT2D eigenvalue weighted by atomic mass is 16.5. The van der Waals surface area contributed by atoms with E-state index in [-0.39, 0.29) is 73.6 Å². The maximum atomic E-state index is 14.2. The standard InChI is InChI=1S/C34H29NO9/c1-13(2)21-27-26(19(12-36)31(41)33(21)43)32(42)24(16(6)29(27)39)23-15(5)28(38)25-18(30(23)40)11-20(37)34(22(25)14(3)4)44-17-7-9-35-10-8-17/h7-14,37-38,40H,1-6H3. The first-order valence-corrected chi connectivity index (χ1v) is 13.9. The molecule has 0 radical (unpaired) electrons. The van der Waals surface area contributed by atoms with Crippen molar-refractivity contribution in [1.29, 1.82) is 0 Å². The van der Waals surface area contributed by atoms with Crippen molar-refractivity contribution in [3.8, 4) is 51.0 Å². The van der Waals surface area contributed by atoms with Gasteiger partial charge in [-0.1, -0.05) is 27.7 Å². The van der Waals surface area contributed by atoms with E-state index in [4.69, 9.17) is 4.74 Å². The van der Waals surface area contributed by atoms with Crippen molar-refractivity contribution in [3.05, 3.63) is 99.3 Å². The van der Waals surface area contributed by atoms with Crippen LogP contribution in [0.25, 0.3) is 33.0 Å². The van der Waals surface area contributed by atoms with Gasteiger partial charge in [-0.3, -0.25) is 29.0 Å². The Bertz CT molecular complexity index is 2190. The second-order valence-corrected chi connectivity index (χ2v) is 11.4. The highest BCUT2D eigenvalue weighted by molar-refractivity contribution is 6.06. The number of benzene rings is 4. The molecule has 0 amide bonds. The van der Waals surface area contributed by atoms with Crippen molar-refractivity contribution in [2.24, 2.45) is 0 Å². The molecule has 1 aromatic heterocycles. The average molecular weight is 596 g/mol. The lowest BCUT2D eigenvalue weighted by Crippen LogP contribution is -2.38. The Hall–Kier alpha value is -5.38. The van der Waals surface area contributed by atoms with Crippen LogP contribution in [-0.2, 0) is 0 Å². The van der Waals surface area contributed by atoms with Gasteiger partial charge in [0, 0.05) is 67.7 Å². The van der Waals surface area contributed by atoms with E-state index in [0.29, 0.717) is 11.3 Å². The van der Waals surface area contributed by atoms with Gasteiger partial charge in [-0.05, 0) is 43.9 Å². The summed E-state index contributed by atoms with van der Waals surface area (Å²) in [5.41, 5.74) is -5.95. The number of phenolic OH excluding ortho intramolecular Hbond substituents is 3. The molecule has 2 aromatic carbocycles. The number of hydrogen-bond acceptors (Lipinski definition) is 10. The number of ether oxygens (including phenoxy) is 1.